The van der Waals surface area contributed by atoms with Gasteiger partial charge in [0, 0.05) is 27.8 Å². The molecule has 1 aromatic carbocycles. The Morgan fingerprint density at radius 2 is 1.86 bits per heavy atom. The Bertz CT molecular complexity index is 935. The quantitative estimate of drug-likeness (QED) is 0.310. The van der Waals surface area contributed by atoms with Gasteiger partial charge in [0.15, 0.2) is 12.4 Å². The number of thiophene rings is 1. The topological polar surface area (TPSA) is 116 Å². The van der Waals surface area contributed by atoms with Gasteiger partial charge in [-0.3, -0.25) is 24.5 Å². The van der Waals surface area contributed by atoms with E-state index >= 15 is 0 Å². The molecule has 148 valence electrons. The van der Waals surface area contributed by atoms with Crippen LogP contribution in [0, 0.1) is 30.9 Å². The van der Waals surface area contributed by atoms with Crippen molar-refractivity contribution in [3.05, 3.63) is 55.3 Å². The van der Waals surface area contributed by atoms with Crippen LogP contribution in [0.1, 0.15) is 38.5 Å². The number of amides is 1. The molecule has 0 spiro atoms. The Kier molecular flexibility index (Phi) is 7.00. The number of carbonyl (C=O) groups is 3. The second-order valence-electron chi connectivity index (χ2n) is 6.24. The molecule has 1 heterocycles. The molecule has 2 rings (SSSR count). The lowest BCUT2D eigenvalue weighted by Gasteiger charge is -2.07. The SMILES string of the molecule is Cc1ccc(NC(=O)COC(=O)CCC(=O)c2cc(C)sc2C)c([N+](=O)[O-])c1. The van der Waals surface area contributed by atoms with Crippen LogP contribution < -0.4 is 5.32 Å². The molecule has 0 saturated heterocycles. The van der Waals surface area contributed by atoms with Gasteiger partial charge in [0.05, 0.1) is 11.3 Å². The van der Waals surface area contributed by atoms with E-state index in [1.807, 2.05) is 13.8 Å². The maximum absolute atomic E-state index is 12.1. The number of benzene rings is 1. The predicted molar refractivity (Wildman–Crippen MR) is 105 cm³/mol. The maximum Gasteiger partial charge on any atom is 0.306 e. The molecule has 1 N–H and O–H groups in total. The molecule has 28 heavy (non-hydrogen) atoms. The fourth-order valence-corrected chi connectivity index (χ4v) is 3.50. The standard InChI is InChI=1S/C19H20N2O6S/c1-11-4-5-15(16(8-11)21(25)26)20-18(23)10-27-19(24)7-6-17(22)14-9-12(2)28-13(14)3/h4-5,8-9H,6-7,10H2,1-3H3,(H,20,23). The molecule has 0 aliphatic carbocycles. The van der Waals surface area contributed by atoms with E-state index in [9.17, 15) is 24.5 Å². The van der Waals surface area contributed by atoms with Crippen LogP contribution >= 0.6 is 11.3 Å². The first-order valence-electron chi connectivity index (χ1n) is 8.48. The minimum Gasteiger partial charge on any atom is -0.456 e. The van der Waals surface area contributed by atoms with Gasteiger partial charge >= 0.3 is 5.97 Å². The fourth-order valence-electron chi connectivity index (χ4n) is 2.56. The van der Waals surface area contributed by atoms with Crippen LogP contribution in [-0.2, 0) is 14.3 Å². The molecule has 0 atom stereocenters. The van der Waals surface area contributed by atoms with E-state index in [-0.39, 0.29) is 30.0 Å². The molecule has 1 amide bonds. The van der Waals surface area contributed by atoms with Gasteiger partial charge in [-0.15, -0.1) is 11.3 Å². The smallest absolute Gasteiger partial charge is 0.306 e. The number of esters is 1. The Labute approximate surface area is 165 Å². The van der Waals surface area contributed by atoms with Crippen molar-refractivity contribution in [1.82, 2.24) is 0 Å². The summed E-state index contributed by atoms with van der Waals surface area (Å²) in [4.78, 5) is 48.2. The monoisotopic (exact) mass is 404 g/mol. The van der Waals surface area contributed by atoms with Crippen molar-refractivity contribution < 1.29 is 24.0 Å². The van der Waals surface area contributed by atoms with Crippen LogP contribution in [-0.4, -0.2) is 29.2 Å². The van der Waals surface area contributed by atoms with E-state index in [4.69, 9.17) is 4.74 Å². The second-order valence-corrected chi connectivity index (χ2v) is 7.70. The molecule has 0 aliphatic heterocycles. The Morgan fingerprint density at radius 1 is 1.14 bits per heavy atom. The van der Waals surface area contributed by atoms with Crippen molar-refractivity contribution in [3.63, 3.8) is 0 Å². The van der Waals surface area contributed by atoms with E-state index in [0.717, 1.165) is 9.75 Å². The molecular formula is C19H20N2O6S. The lowest BCUT2D eigenvalue weighted by molar-refractivity contribution is -0.384. The van der Waals surface area contributed by atoms with Crippen LogP contribution in [0.25, 0.3) is 0 Å². The Balaban J connectivity index is 1.83. The zero-order chi connectivity index (χ0) is 20.8. The minimum atomic E-state index is -0.698. The summed E-state index contributed by atoms with van der Waals surface area (Å²) in [7, 11) is 0. The van der Waals surface area contributed by atoms with Gasteiger partial charge in [-0.25, -0.2) is 0 Å². The lowest BCUT2D eigenvalue weighted by atomic mass is 10.1. The third kappa shape index (κ3) is 5.71. The fraction of sp³-hybridized carbons (Fsp3) is 0.316. The summed E-state index contributed by atoms with van der Waals surface area (Å²) in [5, 5.41) is 13.4. The van der Waals surface area contributed by atoms with Gasteiger partial charge < -0.3 is 10.1 Å². The van der Waals surface area contributed by atoms with Gasteiger partial charge in [-0.2, -0.15) is 0 Å². The van der Waals surface area contributed by atoms with E-state index in [1.165, 1.54) is 23.5 Å². The zero-order valence-corrected chi connectivity index (χ0v) is 16.6. The first-order valence-corrected chi connectivity index (χ1v) is 9.29. The molecule has 8 nitrogen and oxygen atoms in total. The average Bonchev–Trinajstić information content (AvgIpc) is 2.97. The number of aryl methyl sites for hydroxylation is 3. The van der Waals surface area contributed by atoms with E-state index in [0.29, 0.717) is 11.1 Å². The molecule has 0 bridgehead atoms. The highest BCUT2D eigenvalue weighted by molar-refractivity contribution is 7.12. The summed E-state index contributed by atoms with van der Waals surface area (Å²) in [6, 6.07) is 6.16. The average molecular weight is 404 g/mol. The third-order valence-electron chi connectivity index (χ3n) is 3.89. The third-order valence-corrected chi connectivity index (χ3v) is 4.85. The molecule has 1 aromatic heterocycles. The number of nitrogens with one attached hydrogen (secondary N) is 1. The van der Waals surface area contributed by atoms with Crippen LogP contribution in [0.15, 0.2) is 24.3 Å². The van der Waals surface area contributed by atoms with E-state index in [2.05, 4.69) is 5.32 Å². The summed E-state index contributed by atoms with van der Waals surface area (Å²) >= 11 is 1.51. The summed E-state index contributed by atoms with van der Waals surface area (Å²) in [5.74, 6) is -1.54. The van der Waals surface area contributed by atoms with Crippen molar-refractivity contribution in [3.8, 4) is 0 Å². The molecular weight excluding hydrogens is 384 g/mol. The number of rotatable bonds is 8. The molecule has 0 aliphatic rings. The number of carbonyl (C=O) groups excluding carboxylic acids is 3. The molecule has 0 radical (unpaired) electrons. The lowest BCUT2D eigenvalue weighted by Crippen LogP contribution is -2.21. The highest BCUT2D eigenvalue weighted by Crippen LogP contribution is 2.25. The van der Waals surface area contributed by atoms with Crippen molar-refractivity contribution in [2.24, 2.45) is 0 Å². The molecule has 0 unspecified atom stereocenters. The number of ketones is 1. The molecule has 2 aromatic rings. The first-order chi connectivity index (χ1) is 13.2. The van der Waals surface area contributed by atoms with Crippen molar-refractivity contribution in [2.45, 2.75) is 33.6 Å². The summed E-state index contributed by atoms with van der Waals surface area (Å²) < 4.78 is 4.85. The number of nitro benzene ring substituents is 1. The number of anilines is 1. The molecule has 9 heteroatoms. The summed E-state index contributed by atoms with van der Waals surface area (Å²) in [5.41, 5.74) is 1.05. The van der Waals surface area contributed by atoms with Crippen molar-refractivity contribution in [1.29, 1.82) is 0 Å². The van der Waals surface area contributed by atoms with E-state index < -0.39 is 23.4 Å². The number of ether oxygens (including phenoxy) is 1. The van der Waals surface area contributed by atoms with Crippen LogP contribution in [0.4, 0.5) is 11.4 Å². The highest BCUT2D eigenvalue weighted by atomic mass is 32.1. The zero-order valence-electron chi connectivity index (χ0n) is 15.7. The highest BCUT2D eigenvalue weighted by Gasteiger charge is 2.18. The van der Waals surface area contributed by atoms with Crippen molar-refractivity contribution in [2.75, 3.05) is 11.9 Å². The number of hydrogen-bond acceptors (Lipinski definition) is 7. The predicted octanol–water partition coefficient (Wildman–Crippen LogP) is 3.73. The van der Waals surface area contributed by atoms with Gasteiger partial charge in [0.25, 0.3) is 11.6 Å². The second kappa shape index (κ2) is 9.23. The Morgan fingerprint density at radius 3 is 2.46 bits per heavy atom. The van der Waals surface area contributed by atoms with Gasteiger partial charge in [0.1, 0.15) is 5.69 Å². The largest absolute Gasteiger partial charge is 0.456 e. The minimum absolute atomic E-state index is 0.0130. The van der Waals surface area contributed by atoms with Gasteiger partial charge in [-0.1, -0.05) is 6.07 Å². The first kappa shape index (κ1) is 21.2. The normalized spacial score (nSPS) is 10.4. The van der Waals surface area contributed by atoms with Crippen LogP contribution in [0.5, 0.6) is 0 Å². The number of nitrogens with zero attached hydrogens (tertiary/aromatic N) is 1. The van der Waals surface area contributed by atoms with Gasteiger partial charge in [0.2, 0.25) is 0 Å². The molecule has 0 saturated carbocycles. The van der Waals surface area contributed by atoms with E-state index in [1.54, 1.807) is 19.1 Å². The number of hydrogen-bond donors (Lipinski definition) is 1. The number of nitro groups is 1. The summed E-state index contributed by atoms with van der Waals surface area (Å²) in [6.07, 6.45) is -0.161. The van der Waals surface area contributed by atoms with Crippen molar-refractivity contribution >= 4 is 40.4 Å². The maximum atomic E-state index is 12.1. The molecule has 0 fully saturated rings. The number of Topliss-reactive ketones (excluding diaryl/α,β-unsaturated/α-hetero) is 1. The Hall–Kier alpha value is -3.07. The summed E-state index contributed by atoms with van der Waals surface area (Å²) in [6.45, 7) is 4.85. The van der Waals surface area contributed by atoms with Crippen LogP contribution in [0.2, 0.25) is 0 Å². The van der Waals surface area contributed by atoms with Crippen LogP contribution in [0.3, 0.4) is 0 Å². The van der Waals surface area contributed by atoms with Gasteiger partial charge in [-0.05, 0) is 38.5 Å².